The van der Waals surface area contributed by atoms with Crippen molar-refractivity contribution in [2.45, 2.75) is 20.0 Å². The van der Waals surface area contributed by atoms with Crippen LogP contribution in [-0.4, -0.2) is 13.2 Å². The minimum atomic E-state index is 0.130. The molecule has 0 N–H and O–H groups in total. The van der Waals surface area contributed by atoms with Gasteiger partial charge in [-0.3, -0.25) is 0 Å². The van der Waals surface area contributed by atoms with E-state index in [4.69, 9.17) is 9.47 Å². The van der Waals surface area contributed by atoms with Gasteiger partial charge in [-0.1, -0.05) is 30.3 Å². The van der Waals surface area contributed by atoms with Crippen LogP contribution in [0.15, 0.2) is 36.3 Å². The van der Waals surface area contributed by atoms with Gasteiger partial charge in [0.1, 0.15) is 0 Å². The molecule has 0 saturated carbocycles. The van der Waals surface area contributed by atoms with Crippen molar-refractivity contribution in [3.63, 3.8) is 0 Å². The molecular weight excluding hydrogens is 176 g/mol. The molecule has 1 rings (SSSR count). The molecule has 0 amide bonds. The van der Waals surface area contributed by atoms with Crippen LogP contribution in [0.3, 0.4) is 0 Å². The predicted molar refractivity (Wildman–Crippen MR) is 57.6 cm³/mol. The molecule has 0 aliphatic rings. The Kier molecular flexibility index (Phi) is 4.05. The normalized spacial score (nSPS) is 11.6. The lowest BCUT2D eigenvalue weighted by atomic mass is 10.2. The highest BCUT2D eigenvalue weighted by Gasteiger charge is 2.00. The monoisotopic (exact) mass is 192 g/mol. The molecule has 0 unspecified atom stereocenters. The van der Waals surface area contributed by atoms with Crippen molar-refractivity contribution in [3.8, 4) is 0 Å². The van der Waals surface area contributed by atoms with Gasteiger partial charge in [-0.2, -0.15) is 0 Å². The Morgan fingerprint density at radius 3 is 2.36 bits per heavy atom. The summed E-state index contributed by atoms with van der Waals surface area (Å²) < 4.78 is 10.5. The highest BCUT2D eigenvalue weighted by atomic mass is 16.7. The lowest BCUT2D eigenvalue weighted by Crippen LogP contribution is -2.03. The average molecular weight is 192 g/mol. The highest BCUT2D eigenvalue weighted by molar-refractivity contribution is 5.49. The van der Waals surface area contributed by atoms with Gasteiger partial charge in [-0.15, -0.1) is 0 Å². The molecule has 0 radical (unpaired) electrons. The lowest BCUT2D eigenvalue weighted by Gasteiger charge is -2.11. The number of benzene rings is 1. The van der Waals surface area contributed by atoms with Crippen molar-refractivity contribution in [2.24, 2.45) is 0 Å². The van der Waals surface area contributed by atoms with E-state index in [-0.39, 0.29) is 6.10 Å². The van der Waals surface area contributed by atoms with Crippen molar-refractivity contribution >= 4 is 6.08 Å². The highest BCUT2D eigenvalue weighted by Crippen LogP contribution is 2.09. The summed E-state index contributed by atoms with van der Waals surface area (Å²) in [5.74, 6) is 0.547. The zero-order valence-corrected chi connectivity index (χ0v) is 8.86. The standard InChI is InChI=1S/C12H16O2/c1-10(2)14-12(13-3)9-11-7-5-4-6-8-11/h4-10H,1-3H3. The first-order chi connectivity index (χ1) is 6.72. The Morgan fingerprint density at radius 1 is 1.21 bits per heavy atom. The van der Waals surface area contributed by atoms with Gasteiger partial charge in [0.15, 0.2) is 0 Å². The second-order valence-corrected chi connectivity index (χ2v) is 3.24. The molecule has 0 fully saturated rings. The third-order valence-electron chi connectivity index (χ3n) is 1.64. The molecule has 0 aliphatic heterocycles. The number of hydrogen-bond donors (Lipinski definition) is 0. The first-order valence-corrected chi connectivity index (χ1v) is 4.69. The third kappa shape index (κ3) is 3.52. The van der Waals surface area contributed by atoms with Gasteiger partial charge >= 0.3 is 0 Å². The molecule has 1 aromatic carbocycles. The fourth-order valence-corrected chi connectivity index (χ4v) is 1.06. The average Bonchev–Trinajstić information content (AvgIpc) is 2.17. The van der Waals surface area contributed by atoms with E-state index >= 15 is 0 Å². The van der Waals surface area contributed by atoms with Gasteiger partial charge in [0.25, 0.3) is 5.95 Å². The first kappa shape index (κ1) is 10.6. The number of rotatable bonds is 4. The van der Waals surface area contributed by atoms with E-state index in [0.717, 1.165) is 5.56 Å². The van der Waals surface area contributed by atoms with Gasteiger partial charge in [-0.25, -0.2) is 0 Å². The summed E-state index contributed by atoms with van der Waals surface area (Å²) in [6.07, 6.45) is 2.00. The molecule has 0 saturated heterocycles. The fourth-order valence-electron chi connectivity index (χ4n) is 1.06. The van der Waals surface area contributed by atoms with E-state index in [1.54, 1.807) is 7.11 Å². The number of hydrogen-bond acceptors (Lipinski definition) is 2. The van der Waals surface area contributed by atoms with Crippen molar-refractivity contribution in [3.05, 3.63) is 41.8 Å². The van der Waals surface area contributed by atoms with E-state index in [1.165, 1.54) is 0 Å². The summed E-state index contributed by atoms with van der Waals surface area (Å²) >= 11 is 0. The maximum atomic E-state index is 5.44. The SMILES string of the molecule is COC(=Cc1ccccc1)OC(C)C. The molecule has 0 atom stereocenters. The third-order valence-corrected chi connectivity index (χ3v) is 1.64. The maximum Gasteiger partial charge on any atom is 0.279 e. The maximum absolute atomic E-state index is 5.44. The minimum Gasteiger partial charge on any atom is -0.469 e. The van der Waals surface area contributed by atoms with E-state index in [0.29, 0.717) is 5.95 Å². The quantitative estimate of drug-likeness (QED) is 0.682. The summed E-state index contributed by atoms with van der Waals surface area (Å²) in [6.45, 7) is 3.94. The molecule has 14 heavy (non-hydrogen) atoms. The van der Waals surface area contributed by atoms with Crippen LogP contribution in [-0.2, 0) is 9.47 Å². The number of ether oxygens (including phenoxy) is 2. The Balaban J connectivity index is 2.73. The van der Waals surface area contributed by atoms with Crippen LogP contribution in [0.4, 0.5) is 0 Å². The molecule has 2 nitrogen and oxygen atoms in total. The summed E-state index contributed by atoms with van der Waals surface area (Å²) in [6, 6.07) is 9.95. The molecule has 1 aromatic rings. The van der Waals surface area contributed by atoms with Gasteiger partial charge in [0.05, 0.1) is 13.2 Å². The second-order valence-electron chi connectivity index (χ2n) is 3.24. The number of methoxy groups -OCH3 is 1. The van der Waals surface area contributed by atoms with Crippen molar-refractivity contribution in [2.75, 3.05) is 7.11 Å². The van der Waals surface area contributed by atoms with Crippen LogP contribution in [0.2, 0.25) is 0 Å². The smallest absolute Gasteiger partial charge is 0.279 e. The second kappa shape index (κ2) is 5.32. The van der Waals surface area contributed by atoms with Crippen molar-refractivity contribution in [1.29, 1.82) is 0 Å². The minimum absolute atomic E-state index is 0.130. The summed E-state index contributed by atoms with van der Waals surface area (Å²) in [7, 11) is 1.61. The topological polar surface area (TPSA) is 18.5 Å². The van der Waals surface area contributed by atoms with Crippen LogP contribution in [0, 0.1) is 0 Å². The van der Waals surface area contributed by atoms with E-state index in [9.17, 15) is 0 Å². The van der Waals surface area contributed by atoms with Crippen molar-refractivity contribution in [1.82, 2.24) is 0 Å². The van der Waals surface area contributed by atoms with Crippen molar-refractivity contribution < 1.29 is 9.47 Å². The van der Waals surface area contributed by atoms with Crippen LogP contribution in [0.1, 0.15) is 19.4 Å². The van der Waals surface area contributed by atoms with Crippen LogP contribution >= 0.6 is 0 Å². The Bertz CT molecular complexity index is 288. The Morgan fingerprint density at radius 2 is 1.86 bits per heavy atom. The van der Waals surface area contributed by atoms with Crippen LogP contribution < -0.4 is 0 Å². The summed E-state index contributed by atoms with van der Waals surface area (Å²) in [5, 5.41) is 0. The zero-order valence-electron chi connectivity index (χ0n) is 8.86. The summed E-state index contributed by atoms with van der Waals surface area (Å²) in [5.41, 5.74) is 1.07. The van der Waals surface area contributed by atoms with Gasteiger partial charge in [0.2, 0.25) is 0 Å². The molecule has 0 aromatic heterocycles. The molecule has 76 valence electrons. The molecule has 0 heterocycles. The van der Waals surface area contributed by atoms with E-state index < -0.39 is 0 Å². The molecule has 0 bridgehead atoms. The van der Waals surface area contributed by atoms with E-state index in [1.807, 2.05) is 50.3 Å². The van der Waals surface area contributed by atoms with Gasteiger partial charge in [0, 0.05) is 6.08 Å². The van der Waals surface area contributed by atoms with Crippen LogP contribution in [0.25, 0.3) is 6.08 Å². The summed E-state index contributed by atoms with van der Waals surface area (Å²) in [4.78, 5) is 0. The molecule has 2 heteroatoms. The Labute approximate surface area is 85.2 Å². The molecular formula is C12H16O2. The predicted octanol–water partition coefficient (Wildman–Crippen LogP) is 3.06. The van der Waals surface area contributed by atoms with Gasteiger partial charge in [-0.05, 0) is 19.4 Å². The fraction of sp³-hybridized carbons (Fsp3) is 0.333. The first-order valence-electron chi connectivity index (χ1n) is 4.69. The zero-order chi connectivity index (χ0) is 10.4. The molecule has 0 spiro atoms. The van der Waals surface area contributed by atoms with Crippen LogP contribution in [0.5, 0.6) is 0 Å². The molecule has 0 aliphatic carbocycles. The van der Waals surface area contributed by atoms with Gasteiger partial charge < -0.3 is 9.47 Å². The Hall–Kier alpha value is -1.44. The largest absolute Gasteiger partial charge is 0.469 e. The lowest BCUT2D eigenvalue weighted by molar-refractivity contribution is 0.0314. The van der Waals surface area contributed by atoms with E-state index in [2.05, 4.69) is 0 Å².